The minimum absolute atomic E-state index is 0.0780. The van der Waals surface area contributed by atoms with E-state index in [2.05, 4.69) is 25.6 Å². The lowest BCUT2D eigenvalue weighted by Crippen LogP contribution is -2.24. The van der Waals surface area contributed by atoms with Gasteiger partial charge >= 0.3 is 0 Å². The predicted octanol–water partition coefficient (Wildman–Crippen LogP) is 2.63. The monoisotopic (exact) mass is 406 g/mol. The fraction of sp³-hybridized carbons (Fsp3) is 0.150. The van der Waals surface area contributed by atoms with Crippen LogP contribution in [-0.4, -0.2) is 43.7 Å². The van der Waals surface area contributed by atoms with Crippen LogP contribution in [0.3, 0.4) is 0 Å². The second kappa shape index (κ2) is 8.70. The molecule has 0 saturated heterocycles. The summed E-state index contributed by atoms with van der Waals surface area (Å²) in [4.78, 5) is 20.8. The molecule has 0 aliphatic carbocycles. The lowest BCUT2D eigenvalue weighted by molar-refractivity contribution is -0.118. The van der Waals surface area contributed by atoms with Crippen LogP contribution >= 0.6 is 11.8 Å². The molecule has 1 N–H and O–H groups in total. The molecule has 0 radical (unpaired) electrons. The van der Waals surface area contributed by atoms with Crippen LogP contribution in [0.2, 0.25) is 0 Å². The number of carbonyl (C=O) groups is 1. The predicted molar refractivity (Wildman–Crippen MR) is 110 cm³/mol. The van der Waals surface area contributed by atoms with Crippen molar-refractivity contribution in [2.45, 2.75) is 11.6 Å². The number of carbonyl (C=O) groups excluding carboxylic acids is 1. The molecular formula is C20H18N6O2S. The number of ether oxygens (including phenoxy) is 1. The molecule has 2 heterocycles. The summed E-state index contributed by atoms with van der Waals surface area (Å²) in [5, 5.41) is 11.9. The quantitative estimate of drug-likeness (QED) is 0.372. The molecule has 2 aromatic carbocycles. The normalized spacial score (nSPS) is 10.8. The van der Waals surface area contributed by atoms with Gasteiger partial charge in [-0.15, -0.1) is 5.10 Å². The highest BCUT2D eigenvalue weighted by Crippen LogP contribution is 2.25. The highest BCUT2D eigenvalue weighted by Gasteiger charge is 2.15. The molecule has 0 aliphatic heterocycles. The summed E-state index contributed by atoms with van der Waals surface area (Å²) in [6.45, 7) is 0.492. The van der Waals surface area contributed by atoms with Gasteiger partial charge in [0, 0.05) is 12.6 Å². The van der Waals surface area contributed by atoms with E-state index in [0.717, 1.165) is 11.3 Å². The van der Waals surface area contributed by atoms with E-state index >= 15 is 0 Å². The lowest BCUT2D eigenvalue weighted by atomic mass is 10.2. The molecule has 1 amide bonds. The molecule has 0 atom stereocenters. The van der Waals surface area contributed by atoms with Crippen LogP contribution in [0.25, 0.3) is 16.9 Å². The fourth-order valence-corrected chi connectivity index (χ4v) is 3.49. The molecule has 9 heteroatoms. The first-order chi connectivity index (χ1) is 14.2. The van der Waals surface area contributed by atoms with Crippen molar-refractivity contribution >= 4 is 28.8 Å². The van der Waals surface area contributed by atoms with Gasteiger partial charge in [0.1, 0.15) is 17.1 Å². The van der Waals surface area contributed by atoms with E-state index in [-0.39, 0.29) is 11.7 Å². The Bertz CT molecular complexity index is 1130. The average Bonchev–Trinajstić information content (AvgIpc) is 3.22. The first-order valence-electron chi connectivity index (χ1n) is 8.89. The van der Waals surface area contributed by atoms with E-state index in [1.807, 2.05) is 54.6 Å². The number of benzene rings is 2. The Morgan fingerprint density at radius 3 is 2.83 bits per heavy atom. The number of fused-ring (bicyclic) bond motifs is 1. The van der Waals surface area contributed by atoms with Crippen LogP contribution in [0.5, 0.6) is 5.75 Å². The summed E-state index contributed by atoms with van der Waals surface area (Å²) in [5.74, 6) is 0.862. The number of rotatable bonds is 7. The highest BCUT2D eigenvalue weighted by atomic mass is 32.2. The van der Waals surface area contributed by atoms with Gasteiger partial charge in [-0.25, -0.2) is 9.97 Å². The molecular weight excluding hydrogens is 388 g/mol. The number of nitrogens with zero attached hydrogens (tertiary/aromatic N) is 5. The van der Waals surface area contributed by atoms with Crippen LogP contribution < -0.4 is 10.1 Å². The maximum Gasteiger partial charge on any atom is 0.230 e. The van der Waals surface area contributed by atoms with Crippen molar-refractivity contribution in [2.75, 3.05) is 12.9 Å². The second-order valence-electron chi connectivity index (χ2n) is 6.10. The summed E-state index contributed by atoms with van der Waals surface area (Å²) >= 11 is 1.31. The molecule has 146 valence electrons. The maximum atomic E-state index is 12.2. The van der Waals surface area contributed by atoms with Crippen molar-refractivity contribution in [3.63, 3.8) is 0 Å². The first-order valence-corrected chi connectivity index (χ1v) is 9.87. The van der Waals surface area contributed by atoms with Gasteiger partial charge in [0.15, 0.2) is 11.2 Å². The molecule has 0 unspecified atom stereocenters. The molecule has 0 fully saturated rings. The summed E-state index contributed by atoms with van der Waals surface area (Å²) in [6.07, 6.45) is 1.45. The highest BCUT2D eigenvalue weighted by molar-refractivity contribution is 8.00. The topological polar surface area (TPSA) is 94.8 Å². The number of hydrogen-bond donors (Lipinski definition) is 1. The van der Waals surface area contributed by atoms with Crippen molar-refractivity contribution in [1.82, 2.24) is 30.3 Å². The van der Waals surface area contributed by atoms with Crippen molar-refractivity contribution in [3.05, 3.63) is 66.5 Å². The number of nitrogens with one attached hydrogen (secondary N) is 1. The molecule has 0 aliphatic rings. The van der Waals surface area contributed by atoms with Crippen LogP contribution in [-0.2, 0) is 11.3 Å². The summed E-state index contributed by atoms with van der Waals surface area (Å²) in [7, 11) is 1.61. The largest absolute Gasteiger partial charge is 0.497 e. The second-order valence-corrected chi connectivity index (χ2v) is 7.07. The third-order valence-corrected chi connectivity index (χ3v) is 5.15. The summed E-state index contributed by atoms with van der Waals surface area (Å²) in [5.41, 5.74) is 2.95. The van der Waals surface area contributed by atoms with Crippen LogP contribution in [0, 0.1) is 0 Å². The Morgan fingerprint density at radius 2 is 2.00 bits per heavy atom. The van der Waals surface area contributed by atoms with E-state index in [4.69, 9.17) is 4.74 Å². The number of thioether (sulfide) groups is 1. The third kappa shape index (κ3) is 4.35. The zero-order valence-electron chi connectivity index (χ0n) is 15.6. The van der Waals surface area contributed by atoms with Gasteiger partial charge in [-0.1, -0.05) is 53.4 Å². The summed E-state index contributed by atoms with van der Waals surface area (Å²) < 4.78 is 6.89. The van der Waals surface area contributed by atoms with Crippen LogP contribution in [0.4, 0.5) is 0 Å². The Morgan fingerprint density at radius 1 is 1.14 bits per heavy atom. The lowest BCUT2D eigenvalue weighted by Gasteiger charge is -2.06. The van der Waals surface area contributed by atoms with Gasteiger partial charge in [-0.2, -0.15) is 4.68 Å². The standard InChI is InChI=1S/C20H18N6O2S/c1-28-16-9-5-8-15(10-16)26-19-18(24-25-26)20(23-13-22-19)29-12-17(27)21-11-14-6-3-2-4-7-14/h2-10,13H,11-12H2,1H3,(H,21,27). The SMILES string of the molecule is COc1cccc(-n2nnc3c(SCC(=O)NCc4ccccc4)ncnc32)c1. The molecule has 0 spiro atoms. The van der Waals surface area contributed by atoms with E-state index in [1.54, 1.807) is 11.8 Å². The van der Waals surface area contributed by atoms with Crippen molar-refractivity contribution in [3.8, 4) is 11.4 Å². The molecule has 4 rings (SSSR count). The Labute approximate surface area is 171 Å². The van der Waals surface area contributed by atoms with Crippen LogP contribution in [0.1, 0.15) is 5.56 Å². The van der Waals surface area contributed by atoms with E-state index in [1.165, 1.54) is 18.1 Å². The van der Waals surface area contributed by atoms with Gasteiger partial charge in [-0.3, -0.25) is 4.79 Å². The van der Waals surface area contributed by atoms with Crippen molar-refractivity contribution in [1.29, 1.82) is 0 Å². The zero-order chi connectivity index (χ0) is 20.1. The Kier molecular flexibility index (Phi) is 5.66. The van der Waals surface area contributed by atoms with E-state index in [0.29, 0.717) is 28.5 Å². The zero-order valence-corrected chi connectivity index (χ0v) is 16.5. The minimum atomic E-state index is -0.0780. The average molecular weight is 406 g/mol. The molecule has 29 heavy (non-hydrogen) atoms. The summed E-state index contributed by atoms with van der Waals surface area (Å²) in [6, 6.07) is 17.2. The van der Waals surface area contributed by atoms with E-state index < -0.39 is 0 Å². The number of amides is 1. The Balaban J connectivity index is 1.47. The van der Waals surface area contributed by atoms with Gasteiger partial charge in [0.05, 0.1) is 18.6 Å². The smallest absolute Gasteiger partial charge is 0.230 e. The van der Waals surface area contributed by atoms with Gasteiger partial charge in [0.2, 0.25) is 5.91 Å². The minimum Gasteiger partial charge on any atom is -0.497 e. The van der Waals surface area contributed by atoms with E-state index in [9.17, 15) is 4.79 Å². The first kappa shape index (κ1) is 18.9. The molecule has 2 aromatic heterocycles. The third-order valence-electron chi connectivity index (χ3n) is 4.17. The van der Waals surface area contributed by atoms with Crippen molar-refractivity contribution in [2.24, 2.45) is 0 Å². The molecule has 4 aromatic rings. The van der Waals surface area contributed by atoms with Gasteiger partial charge in [0.25, 0.3) is 0 Å². The van der Waals surface area contributed by atoms with Crippen LogP contribution in [0.15, 0.2) is 66.0 Å². The van der Waals surface area contributed by atoms with Gasteiger partial charge < -0.3 is 10.1 Å². The number of aromatic nitrogens is 5. The number of hydrogen-bond acceptors (Lipinski definition) is 7. The fourth-order valence-electron chi connectivity index (χ4n) is 2.73. The maximum absolute atomic E-state index is 12.2. The number of methoxy groups -OCH3 is 1. The van der Waals surface area contributed by atoms with Crippen molar-refractivity contribution < 1.29 is 9.53 Å². The Hall–Kier alpha value is -3.46. The molecule has 0 saturated carbocycles. The molecule has 8 nitrogen and oxygen atoms in total. The molecule has 0 bridgehead atoms. The van der Waals surface area contributed by atoms with Gasteiger partial charge in [-0.05, 0) is 17.7 Å².